The molecule has 1 N–H and O–H groups in total. The molecule has 0 saturated heterocycles. The lowest BCUT2D eigenvalue weighted by Crippen LogP contribution is -2.35. The minimum absolute atomic E-state index is 0.233. The first-order valence-electron chi connectivity index (χ1n) is 17.6. The number of ether oxygens (including phenoxy) is 2. The molecule has 5 heteroatoms. The van der Waals surface area contributed by atoms with Gasteiger partial charge in [-0.25, -0.2) is 4.39 Å². The van der Waals surface area contributed by atoms with Gasteiger partial charge in [-0.05, 0) is 84.9 Å². The molecule has 0 spiro atoms. The Balaban J connectivity index is 1.89. The first-order chi connectivity index (χ1) is 22.3. The van der Waals surface area contributed by atoms with E-state index in [2.05, 4.69) is 56.3 Å². The third-order valence-corrected chi connectivity index (χ3v) is 9.63. The van der Waals surface area contributed by atoms with Gasteiger partial charge in [-0.2, -0.15) is 0 Å². The lowest BCUT2D eigenvalue weighted by Gasteiger charge is -2.40. The van der Waals surface area contributed by atoms with E-state index in [9.17, 15) is 9.18 Å². The van der Waals surface area contributed by atoms with Crippen LogP contribution >= 0.6 is 0 Å². The van der Waals surface area contributed by atoms with Crippen molar-refractivity contribution in [3.8, 4) is 5.75 Å². The van der Waals surface area contributed by atoms with Crippen LogP contribution in [0.4, 0.5) is 4.39 Å². The van der Waals surface area contributed by atoms with Crippen molar-refractivity contribution < 1.29 is 23.8 Å². The number of aliphatic hydroxyl groups is 1. The first-order valence-corrected chi connectivity index (χ1v) is 17.6. The smallest absolute Gasteiger partial charge is 0.308 e. The highest BCUT2D eigenvalue weighted by atomic mass is 19.1. The van der Waals surface area contributed by atoms with Crippen LogP contribution in [0.1, 0.15) is 120 Å². The summed E-state index contributed by atoms with van der Waals surface area (Å²) in [4.78, 5) is 12.9. The zero-order chi connectivity index (χ0) is 33.2. The molecule has 4 atom stereocenters. The molecule has 0 aliphatic rings. The van der Waals surface area contributed by atoms with Crippen LogP contribution in [0.3, 0.4) is 0 Å². The SMILES string of the molecule is CCC(C)CC(CC(CC(C)C(=O)OC)(c1ccc(F)cc1)c1ccc(OCCCCCCCCCCO)cc1)c1ccccc1. The van der Waals surface area contributed by atoms with Gasteiger partial charge in [-0.1, -0.05) is 120 Å². The monoisotopic (exact) mass is 632 g/mol. The average Bonchev–Trinajstić information content (AvgIpc) is 3.08. The van der Waals surface area contributed by atoms with Crippen LogP contribution in [0.5, 0.6) is 5.75 Å². The molecular weight excluding hydrogens is 575 g/mol. The molecule has 252 valence electrons. The zero-order valence-corrected chi connectivity index (χ0v) is 28.7. The number of methoxy groups -OCH3 is 1. The lowest BCUT2D eigenvalue weighted by molar-refractivity contribution is -0.145. The molecule has 0 fully saturated rings. The van der Waals surface area contributed by atoms with Gasteiger partial charge >= 0.3 is 5.97 Å². The van der Waals surface area contributed by atoms with Crippen molar-refractivity contribution >= 4 is 5.97 Å². The molecule has 3 aromatic carbocycles. The van der Waals surface area contributed by atoms with E-state index in [1.54, 1.807) is 0 Å². The van der Waals surface area contributed by atoms with E-state index in [4.69, 9.17) is 14.6 Å². The average molecular weight is 633 g/mol. The largest absolute Gasteiger partial charge is 0.494 e. The molecule has 0 aromatic heterocycles. The van der Waals surface area contributed by atoms with Crippen molar-refractivity contribution in [2.75, 3.05) is 20.3 Å². The lowest BCUT2D eigenvalue weighted by atomic mass is 9.63. The summed E-state index contributed by atoms with van der Waals surface area (Å²) in [6.45, 7) is 7.45. The van der Waals surface area contributed by atoms with Crippen molar-refractivity contribution in [1.29, 1.82) is 0 Å². The molecule has 4 unspecified atom stereocenters. The number of carbonyl (C=O) groups is 1. The van der Waals surface area contributed by atoms with Crippen LogP contribution in [0.15, 0.2) is 78.9 Å². The molecule has 4 nitrogen and oxygen atoms in total. The first kappa shape index (κ1) is 37.3. The highest BCUT2D eigenvalue weighted by Crippen LogP contribution is 2.48. The van der Waals surface area contributed by atoms with Gasteiger partial charge in [0.15, 0.2) is 0 Å². The van der Waals surface area contributed by atoms with Crippen LogP contribution < -0.4 is 4.74 Å². The molecule has 0 saturated carbocycles. The van der Waals surface area contributed by atoms with E-state index in [1.807, 2.05) is 31.2 Å². The number of unbranched alkanes of at least 4 members (excludes halogenated alkanes) is 7. The highest BCUT2D eigenvalue weighted by Gasteiger charge is 2.40. The Labute approximate surface area is 277 Å². The Kier molecular flexibility index (Phi) is 16.3. The third-order valence-electron chi connectivity index (χ3n) is 9.63. The third kappa shape index (κ3) is 11.6. The Hall–Kier alpha value is -3.18. The number of hydrogen-bond acceptors (Lipinski definition) is 4. The summed E-state index contributed by atoms with van der Waals surface area (Å²) >= 11 is 0. The molecule has 0 aliphatic heterocycles. The number of rotatable bonds is 22. The van der Waals surface area contributed by atoms with Crippen molar-refractivity contribution in [2.45, 2.75) is 109 Å². The molecule has 0 bridgehead atoms. The number of aliphatic hydroxyl groups excluding tert-OH is 1. The summed E-state index contributed by atoms with van der Waals surface area (Å²) < 4.78 is 25.7. The van der Waals surface area contributed by atoms with Gasteiger partial charge in [0, 0.05) is 12.0 Å². The van der Waals surface area contributed by atoms with Gasteiger partial charge in [0.05, 0.1) is 19.6 Å². The van der Waals surface area contributed by atoms with Crippen molar-refractivity contribution in [2.24, 2.45) is 11.8 Å². The van der Waals surface area contributed by atoms with Crippen LogP contribution in [0.2, 0.25) is 0 Å². The summed E-state index contributed by atoms with van der Waals surface area (Å²) in [6, 6.07) is 25.9. The summed E-state index contributed by atoms with van der Waals surface area (Å²) in [7, 11) is 1.44. The van der Waals surface area contributed by atoms with E-state index < -0.39 is 5.41 Å². The topological polar surface area (TPSA) is 55.8 Å². The van der Waals surface area contributed by atoms with E-state index >= 15 is 0 Å². The maximum absolute atomic E-state index is 14.3. The summed E-state index contributed by atoms with van der Waals surface area (Å²) in [5, 5.41) is 8.91. The second-order valence-electron chi connectivity index (χ2n) is 13.2. The van der Waals surface area contributed by atoms with Gasteiger partial charge in [0.2, 0.25) is 0 Å². The van der Waals surface area contributed by atoms with Crippen LogP contribution in [-0.2, 0) is 14.9 Å². The fourth-order valence-electron chi connectivity index (χ4n) is 6.77. The minimum Gasteiger partial charge on any atom is -0.494 e. The van der Waals surface area contributed by atoms with Crippen LogP contribution in [-0.4, -0.2) is 31.4 Å². The van der Waals surface area contributed by atoms with Gasteiger partial charge in [-0.15, -0.1) is 0 Å². The predicted molar refractivity (Wildman–Crippen MR) is 187 cm³/mol. The number of carbonyl (C=O) groups excluding carboxylic acids is 1. The fourth-order valence-corrected chi connectivity index (χ4v) is 6.77. The van der Waals surface area contributed by atoms with E-state index in [0.717, 1.165) is 61.8 Å². The van der Waals surface area contributed by atoms with Crippen molar-refractivity contribution in [1.82, 2.24) is 0 Å². The van der Waals surface area contributed by atoms with Crippen molar-refractivity contribution in [3.05, 3.63) is 101 Å². The standard InChI is InChI=1S/C41H57FO4/c1-5-32(2)29-35(34-17-13-12-14-18-34)31-41(30-33(3)40(44)45-4,36-19-23-38(42)24-20-36)37-21-25-39(26-22-37)46-28-16-11-9-7-6-8-10-15-27-43/h12-14,17-26,32-33,35,43H,5-11,15-16,27-31H2,1-4H3. The Morgan fingerprint density at radius 3 is 1.91 bits per heavy atom. The predicted octanol–water partition coefficient (Wildman–Crippen LogP) is 10.4. The summed E-state index contributed by atoms with van der Waals surface area (Å²) in [5.41, 5.74) is 2.81. The van der Waals surface area contributed by atoms with Crippen molar-refractivity contribution in [3.63, 3.8) is 0 Å². The summed E-state index contributed by atoms with van der Waals surface area (Å²) in [5.74, 6) is 0.715. The fraction of sp³-hybridized carbons (Fsp3) is 0.537. The zero-order valence-electron chi connectivity index (χ0n) is 28.7. The molecular formula is C41H57FO4. The maximum Gasteiger partial charge on any atom is 0.308 e. The maximum atomic E-state index is 14.3. The number of hydrogen-bond donors (Lipinski definition) is 1. The quantitative estimate of drug-likeness (QED) is 0.0885. The number of esters is 1. The second kappa shape index (κ2) is 20.1. The number of benzene rings is 3. The molecule has 0 aliphatic carbocycles. The number of halogens is 1. The molecule has 46 heavy (non-hydrogen) atoms. The Bertz CT molecular complexity index is 1240. The van der Waals surface area contributed by atoms with E-state index in [0.29, 0.717) is 25.6 Å². The highest BCUT2D eigenvalue weighted by molar-refractivity contribution is 5.72. The van der Waals surface area contributed by atoms with Gasteiger partial charge in [0.25, 0.3) is 0 Å². The molecule has 3 aromatic rings. The molecule has 0 heterocycles. The van der Waals surface area contributed by atoms with E-state index in [-0.39, 0.29) is 23.6 Å². The van der Waals surface area contributed by atoms with Gasteiger partial charge in [0.1, 0.15) is 11.6 Å². The molecule has 0 radical (unpaired) electrons. The van der Waals surface area contributed by atoms with E-state index in [1.165, 1.54) is 50.5 Å². The second-order valence-corrected chi connectivity index (χ2v) is 13.2. The minimum atomic E-state index is -0.565. The Morgan fingerprint density at radius 2 is 1.35 bits per heavy atom. The Morgan fingerprint density at radius 1 is 0.783 bits per heavy atom. The van der Waals surface area contributed by atoms with Crippen LogP contribution in [0, 0.1) is 17.7 Å². The molecule has 3 rings (SSSR count). The summed E-state index contributed by atoms with van der Waals surface area (Å²) in [6.07, 6.45) is 12.5. The molecule has 0 amide bonds. The van der Waals surface area contributed by atoms with Gasteiger partial charge < -0.3 is 14.6 Å². The normalized spacial score (nSPS) is 14.7. The van der Waals surface area contributed by atoms with Crippen LogP contribution in [0.25, 0.3) is 0 Å². The van der Waals surface area contributed by atoms with Gasteiger partial charge in [-0.3, -0.25) is 4.79 Å².